The molecule has 0 saturated heterocycles. The minimum absolute atomic E-state index is 0.158. The number of nitrogens with zero attached hydrogens (tertiary/aromatic N) is 2. The number of hydrogen-bond donors (Lipinski definition) is 3. The van der Waals surface area contributed by atoms with Crippen LogP contribution >= 0.6 is 11.6 Å². The summed E-state index contributed by atoms with van der Waals surface area (Å²) in [6.07, 6.45) is 1.70. The lowest BCUT2D eigenvalue weighted by atomic mass is 10.1. The van der Waals surface area contributed by atoms with E-state index in [0.29, 0.717) is 17.4 Å². The number of halogens is 1. The van der Waals surface area contributed by atoms with Crippen LogP contribution in [0.15, 0.2) is 102 Å². The van der Waals surface area contributed by atoms with E-state index < -0.39 is 10.0 Å². The van der Waals surface area contributed by atoms with E-state index in [4.69, 9.17) is 21.3 Å². The van der Waals surface area contributed by atoms with Crippen LogP contribution in [0.5, 0.6) is 5.75 Å². The van der Waals surface area contributed by atoms with Gasteiger partial charge in [-0.25, -0.2) is 23.1 Å². The molecule has 10 heteroatoms. The molecule has 0 aliphatic carbocycles. The molecule has 0 saturated carbocycles. The number of aromatic nitrogens is 3. The Morgan fingerprint density at radius 1 is 0.872 bits per heavy atom. The number of benzene rings is 3. The van der Waals surface area contributed by atoms with Gasteiger partial charge in [-0.1, -0.05) is 54.1 Å². The second-order valence-electron chi connectivity index (χ2n) is 8.62. The van der Waals surface area contributed by atoms with Gasteiger partial charge in [0.1, 0.15) is 17.4 Å². The first-order valence-corrected chi connectivity index (χ1v) is 14.0. The zero-order valence-corrected chi connectivity index (χ0v) is 22.6. The fourth-order valence-corrected chi connectivity index (χ4v) is 5.21. The van der Waals surface area contributed by atoms with Crippen LogP contribution in [0.3, 0.4) is 0 Å². The van der Waals surface area contributed by atoms with E-state index in [1.54, 1.807) is 25.4 Å². The van der Waals surface area contributed by atoms with Crippen LogP contribution in [0.1, 0.15) is 0 Å². The van der Waals surface area contributed by atoms with Crippen molar-refractivity contribution in [3.63, 3.8) is 0 Å². The van der Waals surface area contributed by atoms with Crippen molar-refractivity contribution in [3.05, 3.63) is 102 Å². The number of nitrogens with one attached hydrogen (secondary N) is 3. The van der Waals surface area contributed by atoms with Crippen molar-refractivity contribution >= 4 is 27.4 Å². The molecule has 198 valence electrons. The van der Waals surface area contributed by atoms with Gasteiger partial charge in [-0.05, 0) is 48.5 Å². The van der Waals surface area contributed by atoms with Gasteiger partial charge in [-0.15, -0.1) is 0 Å². The number of aromatic amines is 1. The summed E-state index contributed by atoms with van der Waals surface area (Å²) in [5, 5.41) is 3.67. The lowest BCUT2D eigenvalue weighted by molar-refractivity contribution is 0.415. The Morgan fingerprint density at radius 2 is 1.64 bits per heavy atom. The van der Waals surface area contributed by atoms with Crippen LogP contribution in [0.25, 0.3) is 33.9 Å². The maximum absolute atomic E-state index is 12.5. The largest absolute Gasteiger partial charge is 0.497 e. The number of sulfonamides is 1. The zero-order chi connectivity index (χ0) is 27.2. The Kier molecular flexibility index (Phi) is 7.92. The molecular weight excluding hydrogens is 534 g/mol. The summed E-state index contributed by atoms with van der Waals surface area (Å²) >= 11 is 5.86. The van der Waals surface area contributed by atoms with Gasteiger partial charge in [0.05, 0.1) is 23.4 Å². The quantitative estimate of drug-likeness (QED) is 0.185. The van der Waals surface area contributed by atoms with Crippen molar-refractivity contribution in [2.75, 3.05) is 25.5 Å². The molecule has 5 rings (SSSR count). The van der Waals surface area contributed by atoms with Crippen molar-refractivity contribution < 1.29 is 13.2 Å². The van der Waals surface area contributed by atoms with Gasteiger partial charge in [0.25, 0.3) is 0 Å². The Labute approximate surface area is 232 Å². The number of H-pyrrole nitrogens is 1. The molecule has 0 fully saturated rings. The van der Waals surface area contributed by atoms with Crippen molar-refractivity contribution in [2.24, 2.45) is 0 Å². The average molecular weight is 560 g/mol. The van der Waals surface area contributed by atoms with Crippen molar-refractivity contribution in [2.45, 2.75) is 4.90 Å². The maximum atomic E-state index is 12.5. The lowest BCUT2D eigenvalue weighted by Crippen LogP contribution is -2.29. The lowest BCUT2D eigenvalue weighted by Gasteiger charge is -2.10. The third-order valence-electron chi connectivity index (χ3n) is 5.99. The van der Waals surface area contributed by atoms with Crippen molar-refractivity contribution in [1.82, 2.24) is 19.7 Å². The van der Waals surface area contributed by atoms with Crippen LogP contribution in [-0.2, 0) is 10.0 Å². The van der Waals surface area contributed by atoms with Gasteiger partial charge in [0, 0.05) is 41.0 Å². The van der Waals surface area contributed by atoms with Gasteiger partial charge >= 0.3 is 0 Å². The number of hydrogen-bond acceptors (Lipinski definition) is 6. The van der Waals surface area contributed by atoms with E-state index in [2.05, 4.69) is 20.0 Å². The molecule has 0 unspecified atom stereocenters. The molecule has 0 aliphatic rings. The minimum Gasteiger partial charge on any atom is -0.497 e. The van der Waals surface area contributed by atoms with E-state index in [1.165, 1.54) is 12.1 Å². The van der Waals surface area contributed by atoms with Crippen molar-refractivity contribution in [3.8, 4) is 39.7 Å². The fraction of sp³-hybridized carbons (Fsp3) is 0.103. The van der Waals surface area contributed by atoms with Crippen LogP contribution in [0, 0.1) is 0 Å². The predicted octanol–water partition coefficient (Wildman–Crippen LogP) is 5.86. The Morgan fingerprint density at radius 3 is 2.41 bits per heavy atom. The summed E-state index contributed by atoms with van der Waals surface area (Å²) in [5.74, 6) is 2.08. The summed E-state index contributed by atoms with van der Waals surface area (Å²) in [5.41, 5.74) is 4.36. The average Bonchev–Trinajstić information content (AvgIpc) is 3.42. The molecule has 0 radical (unpaired) electrons. The van der Waals surface area contributed by atoms with Crippen LogP contribution in [-0.4, -0.2) is 43.6 Å². The molecule has 0 amide bonds. The van der Waals surface area contributed by atoms with E-state index in [-0.39, 0.29) is 11.4 Å². The molecule has 8 nitrogen and oxygen atoms in total. The SMILES string of the molecule is COc1cccc(-c2nc(-c3ccccc3)[nH]c2-c2ccnc(NCCNS(=O)(=O)c3ccc(Cl)cc3)c2)c1. The van der Waals surface area contributed by atoms with E-state index in [1.807, 2.05) is 66.7 Å². The Hall–Kier alpha value is -4.18. The van der Waals surface area contributed by atoms with Gasteiger partial charge in [-0.2, -0.15) is 0 Å². The normalized spacial score (nSPS) is 11.3. The molecule has 5 aromatic rings. The molecule has 3 aromatic carbocycles. The predicted molar refractivity (Wildman–Crippen MR) is 154 cm³/mol. The first-order chi connectivity index (χ1) is 18.9. The Balaban J connectivity index is 1.37. The summed E-state index contributed by atoms with van der Waals surface area (Å²) in [6, 6.07) is 27.5. The molecule has 0 atom stereocenters. The van der Waals surface area contributed by atoms with Gasteiger partial charge in [0.15, 0.2) is 0 Å². The number of pyridine rings is 1. The number of ether oxygens (including phenoxy) is 1. The molecule has 2 aromatic heterocycles. The van der Waals surface area contributed by atoms with Crippen LogP contribution < -0.4 is 14.8 Å². The molecule has 2 heterocycles. The van der Waals surface area contributed by atoms with E-state index in [9.17, 15) is 8.42 Å². The number of imidazole rings is 1. The molecule has 0 bridgehead atoms. The second-order valence-corrected chi connectivity index (χ2v) is 10.8. The fourth-order valence-electron chi connectivity index (χ4n) is 4.05. The zero-order valence-electron chi connectivity index (χ0n) is 21.1. The number of anilines is 1. The number of methoxy groups -OCH3 is 1. The standard InChI is InChI=1S/C29H26ClN5O3S/c1-38-24-9-5-8-21(18-24)27-28(35-29(34-27)20-6-3-2-4-7-20)22-14-15-31-26(19-22)32-16-17-33-39(36,37)25-12-10-23(30)11-13-25/h2-15,18-19,33H,16-17H2,1H3,(H,31,32)(H,34,35). The topological polar surface area (TPSA) is 109 Å². The van der Waals surface area contributed by atoms with Gasteiger partial charge in [0.2, 0.25) is 10.0 Å². The molecule has 0 spiro atoms. The second kappa shape index (κ2) is 11.7. The third kappa shape index (κ3) is 6.28. The smallest absolute Gasteiger partial charge is 0.240 e. The Bertz CT molecular complexity index is 1670. The summed E-state index contributed by atoms with van der Waals surface area (Å²) < 4.78 is 33.0. The van der Waals surface area contributed by atoms with Crippen LogP contribution in [0.2, 0.25) is 5.02 Å². The first-order valence-electron chi connectivity index (χ1n) is 12.2. The highest BCUT2D eigenvalue weighted by atomic mass is 35.5. The summed E-state index contributed by atoms with van der Waals surface area (Å²) in [6.45, 7) is 0.512. The highest BCUT2D eigenvalue weighted by molar-refractivity contribution is 7.89. The molecule has 39 heavy (non-hydrogen) atoms. The highest BCUT2D eigenvalue weighted by Gasteiger charge is 2.17. The van der Waals surface area contributed by atoms with Crippen molar-refractivity contribution in [1.29, 1.82) is 0 Å². The van der Waals surface area contributed by atoms with Gasteiger partial charge in [-0.3, -0.25) is 0 Å². The summed E-state index contributed by atoms with van der Waals surface area (Å²) in [4.78, 5) is 13.0. The minimum atomic E-state index is -3.64. The van der Waals surface area contributed by atoms with Gasteiger partial charge < -0.3 is 15.0 Å². The maximum Gasteiger partial charge on any atom is 0.240 e. The molecular formula is C29H26ClN5O3S. The number of rotatable bonds is 10. The first kappa shape index (κ1) is 26.4. The monoisotopic (exact) mass is 559 g/mol. The molecule has 0 aliphatic heterocycles. The van der Waals surface area contributed by atoms with E-state index >= 15 is 0 Å². The van der Waals surface area contributed by atoms with Crippen LogP contribution in [0.4, 0.5) is 5.82 Å². The van der Waals surface area contributed by atoms with E-state index in [0.717, 1.165) is 39.7 Å². The third-order valence-corrected chi connectivity index (χ3v) is 7.72. The highest BCUT2D eigenvalue weighted by Crippen LogP contribution is 2.34. The molecule has 3 N–H and O–H groups in total. The summed E-state index contributed by atoms with van der Waals surface area (Å²) in [7, 11) is -2.01.